The lowest BCUT2D eigenvalue weighted by Gasteiger charge is -2.04. The Morgan fingerprint density at radius 3 is 2.72 bits per heavy atom. The Kier molecular flexibility index (Phi) is 4.61. The van der Waals surface area contributed by atoms with Crippen molar-refractivity contribution >= 4 is 29.5 Å². The highest BCUT2D eigenvalue weighted by molar-refractivity contribution is 6.34. The van der Waals surface area contributed by atoms with Crippen LogP contribution in [0.1, 0.15) is 10.4 Å². The minimum absolute atomic E-state index is 0.00162. The number of nitro groups is 1. The second-order valence-electron chi connectivity index (χ2n) is 3.57. The molecule has 1 aromatic carbocycles. The molecule has 0 fully saturated rings. The number of nitrogens with one attached hydrogen (secondary N) is 1. The van der Waals surface area contributed by atoms with Gasteiger partial charge in [-0.25, -0.2) is 5.43 Å². The molecule has 0 aromatic heterocycles. The lowest BCUT2D eigenvalue weighted by atomic mass is 10.2. The maximum absolute atomic E-state index is 11.6. The SMILES string of the molecule is CN(C)C=NNC(=O)c1ccc([N+](=O)[O-])cc1Cl. The maximum atomic E-state index is 11.6. The molecule has 18 heavy (non-hydrogen) atoms. The molecule has 0 aliphatic rings. The smallest absolute Gasteiger partial charge is 0.272 e. The molecular formula is C10H11ClN4O3. The van der Waals surface area contributed by atoms with Gasteiger partial charge in [-0.1, -0.05) is 11.6 Å². The molecule has 0 radical (unpaired) electrons. The van der Waals surface area contributed by atoms with Crippen molar-refractivity contribution in [3.05, 3.63) is 38.9 Å². The first-order valence-electron chi connectivity index (χ1n) is 4.85. The van der Waals surface area contributed by atoms with Crippen LogP contribution in [0.4, 0.5) is 5.69 Å². The fourth-order valence-electron chi connectivity index (χ4n) is 1.06. The van der Waals surface area contributed by atoms with Crippen LogP contribution < -0.4 is 5.43 Å². The first kappa shape index (κ1) is 13.9. The van der Waals surface area contributed by atoms with Crippen molar-refractivity contribution in [3.63, 3.8) is 0 Å². The quantitative estimate of drug-likeness (QED) is 0.388. The molecule has 0 aliphatic heterocycles. The lowest BCUT2D eigenvalue weighted by molar-refractivity contribution is -0.384. The van der Waals surface area contributed by atoms with E-state index >= 15 is 0 Å². The Labute approximate surface area is 108 Å². The molecule has 1 amide bonds. The van der Waals surface area contributed by atoms with Gasteiger partial charge in [0, 0.05) is 26.2 Å². The topological polar surface area (TPSA) is 87.8 Å². The minimum Gasteiger partial charge on any atom is -0.367 e. The molecule has 0 heterocycles. The average Bonchev–Trinajstić information content (AvgIpc) is 2.27. The number of amides is 1. The fourth-order valence-corrected chi connectivity index (χ4v) is 1.33. The van der Waals surface area contributed by atoms with E-state index in [0.29, 0.717) is 0 Å². The Morgan fingerprint density at radius 2 is 2.22 bits per heavy atom. The number of non-ortho nitro benzene ring substituents is 1. The molecule has 0 atom stereocenters. The van der Waals surface area contributed by atoms with Gasteiger partial charge in [0.2, 0.25) is 0 Å². The molecular weight excluding hydrogens is 260 g/mol. The van der Waals surface area contributed by atoms with Gasteiger partial charge in [-0.3, -0.25) is 14.9 Å². The number of nitrogens with zero attached hydrogens (tertiary/aromatic N) is 3. The summed E-state index contributed by atoms with van der Waals surface area (Å²) in [6.45, 7) is 0. The first-order valence-corrected chi connectivity index (χ1v) is 5.23. The van der Waals surface area contributed by atoms with Crippen molar-refractivity contribution in [2.45, 2.75) is 0 Å². The van der Waals surface area contributed by atoms with Gasteiger partial charge >= 0.3 is 0 Å². The van der Waals surface area contributed by atoms with E-state index in [1.807, 2.05) is 0 Å². The highest BCUT2D eigenvalue weighted by Crippen LogP contribution is 2.22. The molecule has 0 saturated heterocycles. The van der Waals surface area contributed by atoms with Gasteiger partial charge in [-0.15, -0.1) is 0 Å². The number of hydrogen-bond acceptors (Lipinski definition) is 4. The number of hydrazone groups is 1. The molecule has 0 aliphatic carbocycles. The monoisotopic (exact) mass is 270 g/mol. The van der Waals surface area contributed by atoms with Crippen LogP contribution in [0, 0.1) is 10.1 Å². The van der Waals surface area contributed by atoms with Crippen LogP contribution in [0.5, 0.6) is 0 Å². The largest absolute Gasteiger partial charge is 0.367 e. The second kappa shape index (κ2) is 5.97. The molecule has 1 N–H and O–H groups in total. The van der Waals surface area contributed by atoms with Crippen LogP contribution in [0.2, 0.25) is 5.02 Å². The lowest BCUT2D eigenvalue weighted by Crippen LogP contribution is -2.20. The first-order chi connectivity index (χ1) is 8.41. The number of benzene rings is 1. The van der Waals surface area contributed by atoms with Gasteiger partial charge in [-0.05, 0) is 6.07 Å². The number of hydrogen-bond donors (Lipinski definition) is 1. The van der Waals surface area contributed by atoms with Gasteiger partial charge < -0.3 is 4.90 Å². The standard InChI is InChI=1S/C10H11ClN4O3/c1-14(2)6-12-13-10(16)8-4-3-7(15(17)18)5-9(8)11/h3-6H,1-2H3,(H,13,16). The van der Waals surface area contributed by atoms with E-state index in [2.05, 4.69) is 10.5 Å². The summed E-state index contributed by atoms with van der Waals surface area (Å²) in [6.07, 6.45) is 1.40. The van der Waals surface area contributed by atoms with Crippen molar-refractivity contribution in [2.24, 2.45) is 5.10 Å². The Morgan fingerprint density at radius 1 is 1.56 bits per heavy atom. The maximum Gasteiger partial charge on any atom is 0.272 e. The zero-order valence-corrected chi connectivity index (χ0v) is 10.5. The highest BCUT2D eigenvalue weighted by Gasteiger charge is 2.14. The van der Waals surface area contributed by atoms with Gasteiger partial charge in [0.1, 0.15) is 6.34 Å². The van der Waals surface area contributed by atoms with Crippen molar-refractivity contribution in [2.75, 3.05) is 14.1 Å². The molecule has 1 rings (SSSR count). The van der Waals surface area contributed by atoms with Crippen molar-refractivity contribution in [1.29, 1.82) is 0 Å². The molecule has 0 unspecified atom stereocenters. The fraction of sp³-hybridized carbons (Fsp3) is 0.200. The van der Waals surface area contributed by atoms with Crippen LogP contribution in [0.3, 0.4) is 0 Å². The summed E-state index contributed by atoms with van der Waals surface area (Å²) >= 11 is 5.78. The molecule has 0 bridgehead atoms. The molecule has 7 nitrogen and oxygen atoms in total. The predicted molar refractivity (Wildman–Crippen MR) is 67.8 cm³/mol. The summed E-state index contributed by atoms with van der Waals surface area (Å²) < 4.78 is 0. The summed E-state index contributed by atoms with van der Waals surface area (Å²) in [5.74, 6) is -0.534. The van der Waals surface area contributed by atoms with Gasteiger partial charge in [0.15, 0.2) is 0 Å². The van der Waals surface area contributed by atoms with Gasteiger partial charge in [0.25, 0.3) is 11.6 Å². The average molecular weight is 271 g/mol. The molecule has 0 spiro atoms. The predicted octanol–water partition coefficient (Wildman–Crippen LogP) is 1.48. The van der Waals surface area contributed by atoms with Crippen LogP contribution in [0.25, 0.3) is 0 Å². The third-order valence-corrected chi connectivity index (χ3v) is 2.18. The van der Waals surface area contributed by atoms with Crippen molar-refractivity contribution in [3.8, 4) is 0 Å². The summed E-state index contributed by atoms with van der Waals surface area (Å²) in [5, 5.41) is 14.2. The normalized spacial score (nSPS) is 10.4. The zero-order chi connectivity index (χ0) is 13.7. The van der Waals surface area contributed by atoms with E-state index in [0.717, 1.165) is 6.07 Å². The van der Waals surface area contributed by atoms with Crippen LogP contribution in [-0.4, -0.2) is 36.2 Å². The van der Waals surface area contributed by atoms with E-state index in [1.165, 1.54) is 18.5 Å². The summed E-state index contributed by atoms with van der Waals surface area (Å²) in [7, 11) is 3.49. The second-order valence-corrected chi connectivity index (χ2v) is 3.98. The summed E-state index contributed by atoms with van der Waals surface area (Å²) in [6, 6.07) is 3.60. The van der Waals surface area contributed by atoms with Crippen LogP contribution in [0.15, 0.2) is 23.3 Å². The van der Waals surface area contributed by atoms with E-state index in [-0.39, 0.29) is 16.3 Å². The molecule has 8 heteroatoms. The van der Waals surface area contributed by atoms with Crippen LogP contribution >= 0.6 is 11.6 Å². The third kappa shape index (κ3) is 3.70. The van der Waals surface area contributed by atoms with Gasteiger partial charge in [-0.2, -0.15) is 5.10 Å². The van der Waals surface area contributed by atoms with E-state index in [4.69, 9.17) is 11.6 Å². The van der Waals surface area contributed by atoms with Gasteiger partial charge in [0.05, 0.1) is 15.5 Å². The molecule has 0 saturated carbocycles. The minimum atomic E-state index is -0.586. The number of halogens is 1. The van der Waals surface area contributed by atoms with Crippen LogP contribution in [-0.2, 0) is 0 Å². The summed E-state index contributed by atoms with van der Waals surface area (Å²) in [4.78, 5) is 23.2. The van der Waals surface area contributed by atoms with E-state index < -0.39 is 10.8 Å². The number of nitro benzene ring substituents is 1. The Bertz CT molecular complexity index is 502. The number of carbonyl (C=O) groups is 1. The van der Waals surface area contributed by atoms with E-state index in [1.54, 1.807) is 19.0 Å². The Hall–Kier alpha value is -2.15. The number of rotatable bonds is 4. The summed E-state index contributed by atoms with van der Waals surface area (Å²) in [5.41, 5.74) is 2.20. The Balaban J connectivity index is 2.84. The third-order valence-electron chi connectivity index (χ3n) is 1.86. The zero-order valence-electron chi connectivity index (χ0n) is 9.75. The van der Waals surface area contributed by atoms with Crippen molar-refractivity contribution < 1.29 is 9.72 Å². The van der Waals surface area contributed by atoms with E-state index in [9.17, 15) is 14.9 Å². The number of carbonyl (C=O) groups excluding carboxylic acids is 1. The molecule has 96 valence electrons. The molecule has 1 aromatic rings. The van der Waals surface area contributed by atoms with Crippen molar-refractivity contribution in [1.82, 2.24) is 10.3 Å². The highest BCUT2D eigenvalue weighted by atomic mass is 35.5.